The van der Waals surface area contributed by atoms with Crippen LogP contribution in [0, 0.1) is 17.8 Å². The average Bonchev–Trinajstić information content (AvgIpc) is 3.83. The second kappa shape index (κ2) is 10.8. The number of alkyl halides is 3. The maximum Gasteiger partial charge on any atom is 0.426 e. The van der Waals surface area contributed by atoms with Gasteiger partial charge in [-0.3, -0.25) is 19.1 Å². The van der Waals surface area contributed by atoms with Crippen molar-refractivity contribution in [2.75, 3.05) is 5.32 Å². The molecule has 4 N–H and O–H groups in total. The molecule has 0 saturated heterocycles. The summed E-state index contributed by atoms with van der Waals surface area (Å²) in [4.78, 5) is 39.2. The van der Waals surface area contributed by atoms with Crippen molar-refractivity contribution < 1.29 is 32.7 Å². The van der Waals surface area contributed by atoms with Crippen LogP contribution in [-0.4, -0.2) is 50.4 Å². The predicted molar refractivity (Wildman–Crippen MR) is 144 cm³/mol. The van der Waals surface area contributed by atoms with E-state index in [1.165, 1.54) is 0 Å². The molecule has 9 nitrogen and oxygen atoms in total. The number of aryl methyl sites for hydroxylation is 1. The number of nitrogens with zero attached hydrogens (tertiary/aromatic N) is 2. The monoisotopic (exact) mass is 575 g/mol. The SMILES string of the molecule is CC(C)n1nccc1C(=O)N[C@H](C(=O)Nc1ccc2c(c1)CC[C@H]2NC(=O)[C@@](C)(O)C(F)(F)F)C(C1CC1)C1CC1. The predicted octanol–water partition coefficient (Wildman–Crippen LogP) is 4.05. The summed E-state index contributed by atoms with van der Waals surface area (Å²) in [5, 5.41) is 22.2. The van der Waals surface area contributed by atoms with Gasteiger partial charge in [-0.25, -0.2) is 0 Å². The van der Waals surface area contributed by atoms with E-state index >= 15 is 0 Å². The summed E-state index contributed by atoms with van der Waals surface area (Å²) in [6.45, 7) is 4.28. The fraction of sp³-hybridized carbons (Fsp3) is 0.586. The molecule has 3 amide bonds. The number of amides is 3. The van der Waals surface area contributed by atoms with Gasteiger partial charge in [0, 0.05) is 17.9 Å². The van der Waals surface area contributed by atoms with Gasteiger partial charge in [0.1, 0.15) is 11.7 Å². The van der Waals surface area contributed by atoms with Crippen LogP contribution < -0.4 is 16.0 Å². The van der Waals surface area contributed by atoms with Crippen molar-refractivity contribution in [3.63, 3.8) is 0 Å². The highest BCUT2D eigenvalue weighted by Crippen LogP contribution is 2.51. The lowest BCUT2D eigenvalue weighted by Crippen LogP contribution is -2.55. The Hall–Kier alpha value is -3.41. The lowest BCUT2D eigenvalue weighted by Gasteiger charge is -2.28. The fourth-order valence-corrected chi connectivity index (χ4v) is 5.84. The highest BCUT2D eigenvalue weighted by molar-refractivity contribution is 6.01. The molecule has 3 atom stereocenters. The molecule has 1 aromatic carbocycles. The average molecular weight is 576 g/mol. The summed E-state index contributed by atoms with van der Waals surface area (Å²) in [5.41, 5.74) is -1.20. The maximum atomic E-state index is 13.7. The first-order valence-electron chi connectivity index (χ1n) is 14.2. The number of halogens is 3. The highest BCUT2D eigenvalue weighted by Gasteiger charge is 2.56. The largest absolute Gasteiger partial charge is 0.426 e. The zero-order valence-corrected chi connectivity index (χ0v) is 23.3. The molecule has 5 rings (SSSR count). The first kappa shape index (κ1) is 29.1. The normalized spacial score (nSPS) is 20.9. The van der Waals surface area contributed by atoms with Crippen molar-refractivity contribution in [3.05, 3.63) is 47.3 Å². The molecule has 2 aromatic rings. The standard InChI is InChI=1S/C29H36F3N5O4/c1-15(2)37-22(12-13-33-37)25(38)36-24(23(16-4-5-16)17-6-7-17)26(39)34-19-9-10-20-18(14-19)8-11-21(20)35-27(40)28(3,41)29(30,31)32/h9-10,12-17,21,23-24,41H,4-8,11H2,1-3H3,(H,34,39)(H,35,40)(H,36,38)/t21-,24+,28-/m1/s1. The molecule has 3 aliphatic rings. The van der Waals surface area contributed by atoms with Crippen LogP contribution in [0.4, 0.5) is 18.9 Å². The molecular weight excluding hydrogens is 539 g/mol. The lowest BCUT2D eigenvalue weighted by atomic mass is 9.88. The Kier molecular flexibility index (Phi) is 7.65. The first-order chi connectivity index (χ1) is 19.3. The van der Waals surface area contributed by atoms with Crippen LogP contribution in [0.2, 0.25) is 0 Å². The minimum atomic E-state index is -5.11. The molecule has 0 bridgehead atoms. The van der Waals surface area contributed by atoms with Gasteiger partial charge >= 0.3 is 6.18 Å². The van der Waals surface area contributed by atoms with Crippen LogP contribution in [0.1, 0.15) is 86.6 Å². The molecule has 222 valence electrons. The number of nitrogens with one attached hydrogen (secondary N) is 3. The third kappa shape index (κ3) is 5.98. The molecule has 0 spiro atoms. The minimum Gasteiger partial charge on any atom is -0.373 e. The summed E-state index contributed by atoms with van der Waals surface area (Å²) >= 11 is 0. The van der Waals surface area contributed by atoms with E-state index in [9.17, 15) is 32.7 Å². The van der Waals surface area contributed by atoms with Gasteiger partial charge in [0.15, 0.2) is 0 Å². The molecule has 1 heterocycles. The minimum absolute atomic E-state index is 0.0275. The van der Waals surface area contributed by atoms with E-state index in [-0.39, 0.29) is 23.8 Å². The third-order valence-electron chi connectivity index (χ3n) is 8.47. The van der Waals surface area contributed by atoms with Crippen LogP contribution in [0.25, 0.3) is 0 Å². The van der Waals surface area contributed by atoms with E-state index in [1.807, 2.05) is 13.8 Å². The van der Waals surface area contributed by atoms with Crippen LogP contribution in [-0.2, 0) is 16.0 Å². The Balaban J connectivity index is 1.31. The van der Waals surface area contributed by atoms with E-state index in [0.717, 1.165) is 31.2 Å². The van der Waals surface area contributed by atoms with Gasteiger partial charge in [0.05, 0.1) is 6.04 Å². The zero-order chi connectivity index (χ0) is 29.7. The molecule has 0 radical (unpaired) electrons. The summed E-state index contributed by atoms with van der Waals surface area (Å²) in [6, 6.07) is 5.23. The number of hydrogen-bond donors (Lipinski definition) is 4. The van der Waals surface area contributed by atoms with Gasteiger partial charge in [0.2, 0.25) is 11.5 Å². The van der Waals surface area contributed by atoms with Crippen molar-refractivity contribution in [1.82, 2.24) is 20.4 Å². The molecule has 0 aliphatic heterocycles. The number of benzene rings is 1. The number of carbonyl (C=O) groups is 3. The van der Waals surface area contributed by atoms with E-state index in [2.05, 4.69) is 21.0 Å². The van der Waals surface area contributed by atoms with Crippen molar-refractivity contribution >= 4 is 23.4 Å². The Labute approximate surface area is 236 Å². The Bertz CT molecular complexity index is 1320. The third-order valence-corrected chi connectivity index (χ3v) is 8.47. The fourth-order valence-electron chi connectivity index (χ4n) is 5.84. The van der Waals surface area contributed by atoms with E-state index < -0.39 is 29.8 Å². The van der Waals surface area contributed by atoms with Gasteiger partial charge in [-0.05, 0) is 106 Å². The summed E-state index contributed by atoms with van der Waals surface area (Å²) < 4.78 is 40.9. The number of fused-ring (bicyclic) bond motifs is 1. The summed E-state index contributed by atoms with van der Waals surface area (Å²) in [7, 11) is 0. The van der Waals surface area contributed by atoms with Crippen molar-refractivity contribution in [2.24, 2.45) is 17.8 Å². The van der Waals surface area contributed by atoms with Crippen LogP contribution >= 0.6 is 0 Å². The number of aliphatic hydroxyl groups is 1. The highest BCUT2D eigenvalue weighted by atomic mass is 19.4. The first-order valence-corrected chi connectivity index (χ1v) is 14.2. The second-order valence-electron chi connectivity index (χ2n) is 12.0. The van der Waals surface area contributed by atoms with Gasteiger partial charge in [-0.1, -0.05) is 6.07 Å². The molecule has 1 aromatic heterocycles. The Morgan fingerprint density at radius 2 is 1.71 bits per heavy atom. The number of hydrogen-bond acceptors (Lipinski definition) is 5. The van der Waals surface area contributed by atoms with Crippen LogP contribution in [0.15, 0.2) is 30.5 Å². The van der Waals surface area contributed by atoms with Gasteiger partial charge < -0.3 is 21.1 Å². The number of aromatic nitrogens is 2. The Morgan fingerprint density at radius 1 is 1.05 bits per heavy atom. The second-order valence-corrected chi connectivity index (χ2v) is 12.0. The zero-order valence-electron chi connectivity index (χ0n) is 23.3. The quantitative estimate of drug-likeness (QED) is 0.340. The molecule has 41 heavy (non-hydrogen) atoms. The topological polar surface area (TPSA) is 125 Å². The Morgan fingerprint density at radius 3 is 2.29 bits per heavy atom. The van der Waals surface area contributed by atoms with Gasteiger partial charge in [-0.2, -0.15) is 18.3 Å². The van der Waals surface area contributed by atoms with E-state index in [1.54, 1.807) is 35.1 Å². The van der Waals surface area contributed by atoms with Crippen molar-refractivity contribution in [3.8, 4) is 0 Å². The lowest BCUT2D eigenvalue weighted by molar-refractivity contribution is -0.245. The van der Waals surface area contributed by atoms with Crippen LogP contribution in [0.3, 0.4) is 0 Å². The van der Waals surface area contributed by atoms with E-state index in [0.29, 0.717) is 48.5 Å². The smallest absolute Gasteiger partial charge is 0.373 e. The number of rotatable bonds is 10. The van der Waals surface area contributed by atoms with E-state index in [4.69, 9.17) is 0 Å². The molecule has 3 aliphatic carbocycles. The molecular formula is C29H36F3N5O4. The molecule has 2 saturated carbocycles. The van der Waals surface area contributed by atoms with Gasteiger partial charge in [-0.15, -0.1) is 0 Å². The summed E-state index contributed by atoms with van der Waals surface area (Å²) in [5.74, 6) is -1.39. The summed E-state index contributed by atoms with van der Waals surface area (Å²) in [6.07, 6.45) is 1.40. The van der Waals surface area contributed by atoms with Crippen LogP contribution in [0.5, 0.6) is 0 Å². The molecule has 2 fully saturated rings. The number of carbonyl (C=O) groups excluding carboxylic acids is 3. The maximum absolute atomic E-state index is 13.7. The molecule has 0 unspecified atom stereocenters. The van der Waals surface area contributed by atoms with Gasteiger partial charge in [0.25, 0.3) is 11.8 Å². The molecule has 12 heteroatoms. The number of anilines is 1. The van der Waals surface area contributed by atoms with Crippen molar-refractivity contribution in [1.29, 1.82) is 0 Å². The van der Waals surface area contributed by atoms with Crippen molar-refractivity contribution in [2.45, 2.75) is 89.2 Å².